The fourth-order valence-electron chi connectivity index (χ4n) is 2.29. The van der Waals surface area contributed by atoms with Gasteiger partial charge < -0.3 is 0 Å². The predicted molar refractivity (Wildman–Crippen MR) is 76.3 cm³/mol. The molecule has 3 rings (SSSR count). The molecule has 0 aliphatic heterocycles. The number of carbonyl (C=O) groups is 1. The van der Waals surface area contributed by atoms with Crippen LogP contribution in [0, 0.1) is 0 Å². The van der Waals surface area contributed by atoms with Crippen molar-refractivity contribution in [3.63, 3.8) is 0 Å². The van der Waals surface area contributed by atoms with Crippen LogP contribution in [0.1, 0.15) is 28.0 Å². The maximum Gasteiger partial charge on any atom is 0.207 e. The number of benzene rings is 1. The van der Waals surface area contributed by atoms with Gasteiger partial charge in [-0.25, -0.2) is 4.98 Å². The van der Waals surface area contributed by atoms with E-state index in [1.807, 2.05) is 42.5 Å². The number of fused-ring (bicyclic) bond motifs is 1. The van der Waals surface area contributed by atoms with Crippen LogP contribution in [0.2, 0.25) is 5.15 Å². The van der Waals surface area contributed by atoms with Gasteiger partial charge in [-0.1, -0.05) is 48.0 Å². The van der Waals surface area contributed by atoms with Crippen LogP contribution < -0.4 is 0 Å². The van der Waals surface area contributed by atoms with Gasteiger partial charge in [-0.15, -0.1) is 0 Å². The second kappa shape index (κ2) is 4.98. The number of hydrogen-bond acceptors (Lipinski definition) is 2. The molecule has 1 heterocycles. The van der Waals surface area contributed by atoms with E-state index in [4.69, 9.17) is 11.6 Å². The fourth-order valence-corrected chi connectivity index (χ4v) is 2.43. The molecule has 0 radical (unpaired) electrons. The largest absolute Gasteiger partial charge is 0.287 e. The lowest BCUT2D eigenvalue weighted by atomic mass is 9.89. The minimum absolute atomic E-state index is 0.00685. The summed E-state index contributed by atoms with van der Waals surface area (Å²) in [7, 11) is 0. The Kier molecular flexibility index (Phi) is 3.18. The minimum atomic E-state index is -0.00685. The highest BCUT2D eigenvalue weighted by atomic mass is 35.5. The molecule has 1 aliphatic rings. The Morgan fingerprint density at radius 1 is 1.05 bits per heavy atom. The number of hydrogen-bond donors (Lipinski definition) is 0. The molecule has 0 spiro atoms. The Balaban J connectivity index is 2.00. The summed E-state index contributed by atoms with van der Waals surface area (Å²) in [6.07, 6.45) is 3.53. The quantitative estimate of drug-likeness (QED) is 0.580. The number of nitrogens with zero attached hydrogens (tertiary/aromatic N) is 1. The molecule has 0 atom stereocenters. The maximum absolute atomic E-state index is 12.4. The molecule has 2 aromatic rings. The van der Waals surface area contributed by atoms with Gasteiger partial charge >= 0.3 is 0 Å². The van der Waals surface area contributed by atoms with Crippen LogP contribution in [0.5, 0.6) is 0 Å². The van der Waals surface area contributed by atoms with Crippen molar-refractivity contribution in [2.75, 3.05) is 0 Å². The first-order valence-electron chi connectivity index (χ1n) is 6.20. The minimum Gasteiger partial charge on any atom is -0.287 e. The van der Waals surface area contributed by atoms with Crippen LogP contribution in [-0.4, -0.2) is 10.8 Å². The normalized spacial score (nSPS) is 16.5. The van der Waals surface area contributed by atoms with Crippen molar-refractivity contribution in [1.82, 2.24) is 4.98 Å². The van der Waals surface area contributed by atoms with E-state index in [9.17, 15) is 4.79 Å². The van der Waals surface area contributed by atoms with E-state index in [0.717, 1.165) is 29.5 Å². The second-order valence-electron chi connectivity index (χ2n) is 4.55. The van der Waals surface area contributed by atoms with Crippen molar-refractivity contribution < 1.29 is 4.79 Å². The summed E-state index contributed by atoms with van der Waals surface area (Å²) >= 11 is 5.87. The monoisotopic (exact) mass is 269 g/mol. The van der Waals surface area contributed by atoms with Crippen LogP contribution >= 0.6 is 11.6 Å². The summed E-state index contributed by atoms with van der Waals surface area (Å²) in [5.41, 5.74) is 3.32. The number of aromatic nitrogens is 1. The van der Waals surface area contributed by atoms with E-state index >= 15 is 0 Å². The number of Topliss-reactive ketones (excluding diaryl/α,β-unsaturated/α-hetero) is 1. The first-order chi connectivity index (χ1) is 9.24. The smallest absolute Gasteiger partial charge is 0.207 e. The molecule has 0 N–H and O–H groups in total. The summed E-state index contributed by atoms with van der Waals surface area (Å²) in [6.45, 7) is 0. The molecule has 3 heteroatoms. The SMILES string of the molecule is O=C1/C(=C/c2ccccc2)CCc2ccc(Cl)nc21. The van der Waals surface area contributed by atoms with Gasteiger partial charge in [0.25, 0.3) is 0 Å². The van der Waals surface area contributed by atoms with E-state index in [1.54, 1.807) is 6.07 Å². The fraction of sp³-hybridized carbons (Fsp3) is 0.125. The maximum atomic E-state index is 12.4. The molecule has 0 saturated heterocycles. The highest BCUT2D eigenvalue weighted by molar-refractivity contribution is 6.29. The highest BCUT2D eigenvalue weighted by Crippen LogP contribution is 2.26. The van der Waals surface area contributed by atoms with E-state index in [2.05, 4.69) is 4.98 Å². The van der Waals surface area contributed by atoms with Crippen molar-refractivity contribution >= 4 is 23.5 Å². The standard InChI is InChI=1S/C16H12ClNO/c17-14-9-8-12-6-7-13(16(19)15(12)18-14)10-11-4-2-1-3-5-11/h1-5,8-10H,6-7H2/b13-10+. The number of carbonyl (C=O) groups excluding carboxylic acids is 1. The molecule has 1 aliphatic carbocycles. The third-order valence-corrected chi connectivity index (χ3v) is 3.47. The Morgan fingerprint density at radius 3 is 2.63 bits per heavy atom. The Hall–Kier alpha value is -1.93. The number of halogens is 1. The number of ketones is 1. The molecule has 0 bridgehead atoms. The summed E-state index contributed by atoms with van der Waals surface area (Å²) in [5.74, 6) is -0.00685. The second-order valence-corrected chi connectivity index (χ2v) is 4.94. The topological polar surface area (TPSA) is 30.0 Å². The third-order valence-electron chi connectivity index (χ3n) is 3.26. The number of allylic oxidation sites excluding steroid dienone is 1. The molecular formula is C16H12ClNO. The summed E-state index contributed by atoms with van der Waals surface area (Å²) in [4.78, 5) is 16.5. The van der Waals surface area contributed by atoms with Crippen LogP contribution in [0.15, 0.2) is 48.0 Å². The number of pyridine rings is 1. The zero-order chi connectivity index (χ0) is 13.2. The van der Waals surface area contributed by atoms with E-state index in [-0.39, 0.29) is 5.78 Å². The molecule has 0 saturated carbocycles. The third kappa shape index (κ3) is 2.45. The molecule has 0 fully saturated rings. The van der Waals surface area contributed by atoms with Gasteiger partial charge in [0.1, 0.15) is 10.8 Å². The molecule has 1 aromatic carbocycles. The zero-order valence-corrected chi connectivity index (χ0v) is 11.0. The van der Waals surface area contributed by atoms with Crippen LogP contribution in [-0.2, 0) is 6.42 Å². The molecule has 0 unspecified atom stereocenters. The van der Waals surface area contributed by atoms with Gasteiger partial charge in [0.15, 0.2) is 0 Å². The van der Waals surface area contributed by atoms with Crippen LogP contribution in [0.3, 0.4) is 0 Å². The van der Waals surface area contributed by atoms with E-state index in [1.165, 1.54) is 0 Å². The van der Waals surface area contributed by atoms with Crippen molar-refractivity contribution in [3.8, 4) is 0 Å². The first kappa shape index (κ1) is 12.1. The van der Waals surface area contributed by atoms with Crippen molar-refractivity contribution in [2.45, 2.75) is 12.8 Å². The number of aryl methyl sites for hydroxylation is 1. The Bertz CT molecular complexity index is 662. The zero-order valence-electron chi connectivity index (χ0n) is 10.3. The summed E-state index contributed by atoms with van der Waals surface area (Å²) in [6, 6.07) is 13.5. The summed E-state index contributed by atoms with van der Waals surface area (Å²) in [5, 5.41) is 0.369. The average molecular weight is 270 g/mol. The Labute approximate surface area is 116 Å². The lowest BCUT2D eigenvalue weighted by Gasteiger charge is -2.16. The molecule has 1 aromatic heterocycles. The van der Waals surface area contributed by atoms with Crippen molar-refractivity contribution in [3.05, 3.63) is 70.0 Å². The van der Waals surface area contributed by atoms with Gasteiger partial charge in [0.2, 0.25) is 5.78 Å². The predicted octanol–water partition coefficient (Wildman–Crippen LogP) is 3.95. The molecule has 94 valence electrons. The van der Waals surface area contributed by atoms with Gasteiger partial charge in [0, 0.05) is 5.57 Å². The highest BCUT2D eigenvalue weighted by Gasteiger charge is 2.23. The van der Waals surface area contributed by atoms with Crippen LogP contribution in [0.4, 0.5) is 0 Å². The lowest BCUT2D eigenvalue weighted by molar-refractivity contribution is 0.102. The Morgan fingerprint density at radius 2 is 1.84 bits per heavy atom. The molecule has 2 nitrogen and oxygen atoms in total. The van der Waals surface area contributed by atoms with Crippen LogP contribution in [0.25, 0.3) is 6.08 Å². The molecule has 0 amide bonds. The van der Waals surface area contributed by atoms with Gasteiger partial charge in [-0.2, -0.15) is 0 Å². The van der Waals surface area contributed by atoms with Crippen molar-refractivity contribution in [1.29, 1.82) is 0 Å². The van der Waals surface area contributed by atoms with Gasteiger partial charge in [-0.3, -0.25) is 4.79 Å². The van der Waals surface area contributed by atoms with Gasteiger partial charge in [-0.05, 0) is 36.1 Å². The average Bonchev–Trinajstić information content (AvgIpc) is 2.44. The first-order valence-corrected chi connectivity index (χ1v) is 6.57. The summed E-state index contributed by atoms with van der Waals surface area (Å²) < 4.78 is 0. The van der Waals surface area contributed by atoms with E-state index < -0.39 is 0 Å². The lowest BCUT2D eigenvalue weighted by Crippen LogP contribution is -2.16. The number of rotatable bonds is 1. The molecule has 19 heavy (non-hydrogen) atoms. The molecular weight excluding hydrogens is 258 g/mol. The van der Waals surface area contributed by atoms with Gasteiger partial charge in [0.05, 0.1) is 0 Å². The van der Waals surface area contributed by atoms with E-state index in [0.29, 0.717) is 10.8 Å². The van der Waals surface area contributed by atoms with Crippen molar-refractivity contribution in [2.24, 2.45) is 0 Å².